The summed E-state index contributed by atoms with van der Waals surface area (Å²) in [5.74, 6) is -1.45. The molecule has 1 atom stereocenters. The average Bonchev–Trinajstić information content (AvgIpc) is 2.87. The molecule has 1 fully saturated rings. The average molecular weight is 318 g/mol. The zero-order chi connectivity index (χ0) is 15.1. The number of carbonyl (C=O) groups is 2. The van der Waals surface area contributed by atoms with E-state index in [1.54, 1.807) is 7.05 Å². The van der Waals surface area contributed by atoms with Crippen LogP contribution >= 0.6 is 11.3 Å². The molecule has 1 unspecified atom stereocenters. The molecule has 1 aromatic rings. The molecular weight excluding hydrogens is 304 g/mol. The molecule has 1 aromatic heterocycles. The van der Waals surface area contributed by atoms with E-state index in [0.717, 1.165) is 17.4 Å². The Bertz CT molecular complexity index is 664. The minimum absolute atomic E-state index is 0.0438. The number of hydrogen-bond acceptors (Lipinski definition) is 5. The fourth-order valence-electron chi connectivity index (χ4n) is 2.02. The molecule has 20 heavy (non-hydrogen) atoms. The number of carboxylic acid groups (broad SMARTS) is 1. The lowest BCUT2D eigenvalue weighted by atomic mass is 10.3. The van der Waals surface area contributed by atoms with E-state index < -0.39 is 22.0 Å². The number of amides is 1. The van der Waals surface area contributed by atoms with Crippen molar-refractivity contribution in [3.63, 3.8) is 0 Å². The first-order valence-electron chi connectivity index (χ1n) is 5.83. The van der Waals surface area contributed by atoms with Gasteiger partial charge in [-0.3, -0.25) is 4.79 Å². The number of sulfonamides is 1. The number of carbonyl (C=O) groups excluding carboxylic acids is 1. The Labute approximate surface area is 120 Å². The Morgan fingerprint density at radius 1 is 1.55 bits per heavy atom. The van der Waals surface area contributed by atoms with E-state index in [4.69, 9.17) is 5.11 Å². The molecule has 0 aromatic carbocycles. The summed E-state index contributed by atoms with van der Waals surface area (Å²) in [7, 11) is -2.29. The van der Waals surface area contributed by atoms with Gasteiger partial charge < -0.3 is 10.0 Å². The standard InChI is InChI=1S/C11H14N2O5S2/c1-6-9(5-8(19-6)11(15)16)20(17,18)12-7-3-4-13(2)10(7)14/h5,7,12H,3-4H2,1-2H3,(H,15,16). The summed E-state index contributed by atoms with van der Waals surface area (Å²) in [5.41, 5.74) is 0. The molecular formula is C11H14N2O5S2. The number of hydrogen-bond donors (Lipinski definition) is 2. The summed E-state index contributed by atoms with van der Waals surface area (Å²) in [6.07, 6.45) is 0.406. The maximum atomic E-state index is 12.2. The van der Waals surface area contributed by atoms with Crippen molar-refractivity contribution in [3.05, 3.63) is 15.8 Å². The van der Waals surface area contributed by atoms with Gasteiger partial charge in [0, 0.05) is 18.5 Å². The number of thiophene rings is 1. The van der Waals surface area contributed by atoms with Gasteiger partial charge in [-0.1, -0.05) is 0 Å². The summed E-state index contributed by atoms with van der Waals surface area (Å²) in [6, 6.07) is 0.339. The van der Waals surface area contributed by atoms with Gasteiger partial charge in [0.05, 0.1) is 4.90 Å². The molecule has 110 valence electrons. The molecule has 1 amide bonds. The number of nitrogens with one attached hydrogen (secondary N) is 1. The van der Waals surface area contributed by atoms with Gasteiger partial charge in [-0.05, 0) is 19.4 Å². The maximum absolute atomic E-state index is 12.2. The molecule has 1 saturated heterocycles. The van der Waals surface area contributed by atoms with Gasteiger partial charge in [0.15, 0.2) is 0 Å². The third-order valence-electron chi connectivity index (χ3n) is 3.10. The third-order valence-corrected chi connectivity index (χ3v) is 5.86. The lowest BCUT2D eigenvalue weighted by Gasteiger charge is -2.12. The van der Waals surface area contributed by atoms with Gasteiger partial charge in [0.2, 0.25) is 15.9 Å². The van der Waals surface area contributed by atoms with Crippen molar-refractivity contribution in [1.82, 2.24) is 9.62 Å². The Morgan fingerprint density at radius 3 is 2.65 bits per heavy atom. The second-order valence-electron chi connectivity index (χ2n) is 4.56. The molecule has 2 heterocycles. The molecule has 0 aliphatic carbocycles. The zero-order valence-corrected chi connectivity index (χ0v) is 12.5. The van der Waals surface area contributed by atoms with E-state index in [2.05, 4.69) is 4.72 Å². The quantitative estimate of drug-likeness (QED) is 0.829. The van der Waals surface area contributed by atoms with Crippen LogP contribution < -0.4 is 4.72 Å². The molecule has 2 rings (SSSR count). The number of aryl methyl sites for hydroxylation is 1. The second-order valence-corrected chi connectivity index (χ2v) is 7.50. The van der Waals surface area contributed by atoms with Crippen LogP contribution in [0.25, 0.3) is 0 Å². The monoisotopic (exact) mass is 318 g/mol. The first-order valence-corrected chi connectivity index (χ1v) is 8.13. The predicted molar refractivity (Wildman–Crippen MR) is 72.4 cm³/mol. The van der Waals surface area contributed by atoms with Gasteiger partial charge in [0.1, 0.15) is 10.9 Å². The molecule has 0 radical (unpaired) electrons. The van der Waals surface area contributed by atoms with Crippen molar-refractivity contribution >= 4 is 33.2 Å². The largest absolute Gasteiger partial charge is 0.477 e. The fourth-order valence-corrected chi connectivity index (χ4v) is 4.67. The van der Waals surface area contributed by atoms with Gasteiger partial charge in [0.25, 0.3) is 0 Å². The van der Waals surface area contributed by atoms with Crippen LogP contribution in [0.3, 0.4) is 0 Å². The minimum Gasteiger partial charge on any atom is -0.477 e. The highest BCUT2D eigenvalue weighted by Crippen LogP contribution is 2.26. The Morgan fingerprint density at radius 2 is 2.20 bits per heavy atom. The molecule has 1 aliphatic rings. The van der Waals surface area contributed by atoms with Gasteiger partial charge in [-0.2, -0.15) is 4.72 Å². The Kier molecular flexibility index (Phi) is 3.85. The highest BCUT2D eigenvalue weighted by molar-refractivity contribution is 7.89. The van der Waals surface area contributed by atoms with Crippen LogP contribution in [-0.4, -0.2) is 49.9 Å². The van der Waals surface area contributed by atoms with Crippen molar-refractivity contribution in [3.8, 4) is 0 Å². The number of carboxylic acids is 1. The predicted octanol–water partition coefficient (Wildman–Crippen LogP) is 0.264. The van der Waals surface area contributed by atoms with Crippen molar-refractivity contribution in [2.24, 2.45) is 0 Å². The van der Waals surface area contributed by atoms with E-state index in [1.165, 1.54) is 11.8 Å². The molecule has 0 saturated carbocycles. The molecule has 9 heteroatoms. The van der Waals surface area contributed by atoms with Crippen LogP contribution in [0.4, 0.5) is 0 Å². The van der Waals surface area contributed by atoms with Gasteiger partial charge in [-0.25, -0.2) is 13.2 Å². The van der Waals surface area contributed by atoms with Crippen LogP contribution in [0.2, 0.25) is 0 Å². The minimum atomic E-state index is -3.89. The second kappa shape index (κ2) is 5.15. The number of likely N-dealkylation sites (N-methyl/N-ethyl adjacent to an activating group) is 1. The highest BCUT2D eigenvalue weighted by Gasteiger charge is 2.34. The van der Waals surface area contributed by atoms with Crippen LogP contribution in [0.1, 0.15) is 21.0 Å². The smallest absolute Gasteiger partial charge is 0.345 e. The number of rotatable bonds is 4. The van der Waals surface area contributed by atoms with E-state index in [-0.39, 0.29) is 15.7 Å². The fraction of sp³-hybridized carbons (Fsp3) is 0.455. The Hall–Kier alpha value is -1.45. The first kappa shape index (κ1) is 14.9. The SMILES string of the molecule is Cc1sc(C(=O)O)cc1S(=O)(=O)NC1CCN(C)C1=O. The third kappa shape index (κ3) is 2.69. The van der Waals surface area contributed by atoms with Crippen LogP contribution in [0.5, 0.6) is 0 Å². The summed E-state index contributed by atoms with van der Waals surface area (Å²) >= 11 is 0.895. The lowest BCUT2D eigenvalue weighted by Crippen LogP contribution is -2.40. The van der Waals surface area contributed by atoms with E-state index in [9.17, 15) is 18.0 Å². The molecule has 1 aliphatic heterocycles. The summed E-state index contributed by atoms with van der Waals surface area (Å²) in [6.45, 7) is 2.03. The van der Waals surface area contributed by atoms with Crippen molar-refractivity contribution < 1.29 is 23.1 Å². The highest BCUT2D eigenvalue weighted by atomic mass is 32.2. The summed E-state index contributed by atoms with van der Waals surface area (Å²) in [5, 5.41) is 8.88. The number of aromatic carboxylic acids is 1. The number of nitrogens with zero attached hydrogens (tertiary/aromatic N) is 1. The topological polar surface area (TPSA) is 104 Å². The van der Waals surface area contributed by atoms with Crippen molar-refractivity contribution in [2.45, 2.75) is 24.3 Å². The molecule has 2 N–H and O–H groups in total. The van der Waals surface area contributed by atoms with Crippen LogP contribution in [0, 0.1) is 6.92 Å². The molecule has 7 nitrogen and oxygen atoms in total. The normalized spacial score (nSPS) is 19.6. The van der Waals surface area contributed by atoms with Gasteiger partial charge >= 0.3 is 5.97 Å². The number of likely N-dealkylation sites (tertiary alicyclic amines) is 1. The molecule has 0 bridgehead atoms. The van der Waals surface area contributed by atoms with E-state index in [1.807, 2.05) is 0 Å². The molecule has 0 spiro atoms. The van der Waals surface area contributed by atoms with Crippen LogP contribution in [-0.2, 0) is 14.8 Å². The zero-order valence-electron chi connectivity index (χ0n) is 10.9. The Balaban J connectivity index is 2.27. The van der Waals surface area contributed by atoms with Crippen LogP contribution in [0.15, 0.2) is 11.0 Å². The first-order chi connectivity index (χ1) is 9.22. The van der Waals surface area contributed by atoms with E-state index >= 15 is 0 Å². The summed E-state index contributed by atoms with van der Waals surface area (Å²) in [4.78, 5) is 24.3. The maximum Gasteiger partial charge on any atom is 0.345 e. The van der Waals surface area contributed by atoms with E-state index in [0.29, 0.717) is 17.8 Å². The lowest BCUT2D eigenvalue weighted by molar-refractivity contribution is -0.127. The van der Waals surface area contributed by atoms with Crippen molar-refractivity contribution in [2.75, 3.05) is 13.6 Å². The summed E-state index contributed by atoms with van der Waals surface area (Å²) < 4.78 is 26.8. The van der Waals surface area contributed by atoms with Crippen molar-refractivity contribution in [1.29, 1.82) is 0 Å². The van der Waals surface area contributed by atoms with Gasteiger partial charge in [-0.15, -0.1) is 11.3 Å².